The van der Waals surface area contributed by atoms with E-state index in [1.165, 1.54) is 19.3 Å². The van der Waals surface area contributed by atoms with Crippen LogP contribution in [0.5, 0.6) is 11.6 Å². The number of hydrogen-bond donors (Lipinski definition) is 1. The van der Waals surface area contributed by atoms with Gasteiger partial charge in [-0.15, -0.1) is 5.10 Å². The Labute approximate surface area is 185 Å². The second kappa shape index (κ2) is 11.4. The van der Waals surface area contributed by atoms with E-state index in [1.54, 1.807) is 0 Å². The van der Waals surface area contributed by atoms with Crippen LogP contribution in [-0.4, -0.2) is 48.7 Å². The molecule has 0 spiro atoms. The smallest absolute Gasteiger partial charge is 0.234 e. The van der Waals surface area contributed by atoms with Crippen molar-refractivity contribution in [2.24, 2.45) is 0 Å². The highest BCUT2D eigenvalue weighted by molar-refractivity contribution is 5.67. The number of hydrogen-bond acceptors (Lipinski definition) is 6. The molecule has 168 valence electrons. The lowest BCUT2D eigenvalue weighted by molar-refractivity contribution is -0.000930. The average Bonchev–Trinajstić information content (AvgIpc) is 2.83. The van der Waals surface area contributed by atoms with Gasteiger partial charge in [-0.25, -0.2) is 0 Å². The van der Waals surface area contributed by atoms with E-state index in [-0.39, 0.29) is 6.10 Å². The quantitative estimate of drug-likeness (QED) is 0.635. The van der Waals surface area contributed by atoms with Crippen molar-refractivity contribution in [3.63, 3.8) is 0 Å². The average molecular weight is 426 g/mol. The Hall–Kier alpha value is -2.18. The normalized spacial score (nSPS) is 19.8. The van der Waals surface area contributed by atoms with Crippen LogP contribution in [0.2, 0.25) is 0 Å². The van der Waals surface area contributed by atoms with Crippen LogP contribution in [0.4, 0.5) is 0 Å². The van der Waals surface area contributed by atoms with Crippen LogP contribution in [-0.2, 0) is 11.2 Å². The molecule has 0 radical (unpaired) electrons. The number of aryl methyl sites for hydroxylation is 1. The number of rotatable bonds is 9. The van der Waals surface area contributed by atoms with Gasteiger partial charge in [-0.2, -0.15) is 5.10 Å². The van der Waals surface area contributed by atoms with Gasteiger partial charge in [-0.05, 0) is 56.2 Å². The Balaban J connectivity index is 1.46. The van der Waals surface area contributed by atoms with Crippen molar-refractivity contribution in [1.29, 1.82) is 0 Å². The molecule has 6 nitrogen and oxygen atoms in total. The molecule has 31 heavy (non-hydrogen) atoms. The van der Waals surface area contributed by atoms with Crippen molar-refractivity contribution in [3.05, 3.63) is 36.0 Å². The van der Waals surface area contributed by atoms with Gasteiger partial charge in [0.15, 0.2) is 0 Å². The summed E-state index contributed by atoms with van der Waals surface area (Å²) in [6.07, 6.45) is 9.75. The molecule has 1 atom stereocenters. The van der Waals surface area contributed by atoms with Crippen LogP contribution in [0.1, 0.15) is 57.6 Å². The summed E-state index contributed by atoms with van der Waals surface area (Å²) >= 11 is 0. The summed E-state index contributed by atoms with van der Waals surface area (Å²) in [5, 5.41) is 12.2. The molecule has 1 aromatic heterocycles. The minimum absolute atomic E-state index is 0.0509. The van der Waals surface area contributed by atoms with E-state index in [0.29, 0.717) is 18.6 Å². The van der Waals surface area contributed by atoms with E-state index >= 15 is 0 Å². The van der Waals surface area contributed by atoms with Gasteiger partial charge in [0.25, 0.3) is 0 Å². The first-order chi connectivity index (χ1) is 15.3. The molecule has 1 saturated heterocycles. The van der Waals surface area contributed by atoms with E-state index in [0.717, 1.165) is 74.4 Å². The standard InChI is InChI=1S/C25H35N3O3/c1-2-3-9-24-23(16-25(28-27-24)30-18-22-17-26-14-15-29-22)19-10-12-21(13-11-19)31-20-7-5-4-6-8-20/h10-13,16,20,22,26H,2-9,14-15,17-18H2,1H3. The molecule has 1 saturated carbocycles. The van der Waals surface area contributed by atoms with Crippen molar-refractivity contribution in [1.82, 2.24) is 15.5 Å². The Kier molecular flexibility index (Phi) is 8.13. The molecule has 0 amide bonds. The first-order valence-corrected chi connectivity index (χ1v) is 11.9. The predicted octanol–water partition coefficient (Wildman–Crippen LogP) is 4.56. The minimum Gasteiger partial charge on any atom is -0.490 e. The van der Waals surface area contributed by atoms with Crippen LogP contribution < -0.4 is 14.8 Å². The third-order valence-corrected chi connectivity index (χ3v) is 6.06. The van der Waals surface area contributed by atoms with Crippen molar-refractivity contribution < 1.29 is 14.2 Å². The second-order valence-corrected chi connectivity index (χ2v) is 8.56. The van der Waals surface area contributed by atoms with Gasteiger partial charge in [0.1, 0.15) is 18.5 Å². The fourth-order valence-electron chi connectivity index (χ4n) is 4.24. The number of unbranched alkanes of at least 4 members (excludes halogenated alkanes) is 1. The molecule has 2 aliphatic rings. The molecule has 1 aliphatic heterocycles. The zero-order chi connectivity index (χ0) is 21.3. The summed E-state index contributed by atoms with van der Waals surface area (Å²) in [7, 11) is 0. The van der Waals surface area contributed by atoms with Gasteiger partial charge in [0.2, 0.25) is 5.88 Å². The first-order valence-electron chi connectivity index (χ1n) is 11.9. The molecule has 2 aromatic rings. The lowest BCUT2D eigenvalue weighted by atomic mass is 9.97. The predicted molar refractivity (Wildman–Crippen MR) is 122 cm³/mol. The molecule has 1 unspecified atom stereocenters. The van der Waals surface area contributed by atoms with Crippen LogP contribution in [0.25, 0.3) is 11.1 Å². The van der Waals surface area contributed by atoms with E-state index in [4.69, 9.17) is 14.2 Å². The number of ether oxygens (including phenoxy) is 3. The SMILES string of the molecule is CCCCc1nnc(OCC2CNCCO2)cc1-c1ccc(OC2CCCCC2)cc1. The number of nitrogens with one attached hydrogen (secondary N) is 1. The highest BCUT2D eigenvalue weighted by atomic mass is 16.5. The Morgan fingerprint density at radius 3 is 2.68 bits per heavy atom. The number of benzene rings is 1. The van der Waals surface area contributed by atoms with Gasteiger partial charge in [0.05, 0.1) is 18.4 Å². The van der Waals surface area contributed by atoms with Crippen molar-refractivity contribution in [3.8, 4) is 22.8 Å². The van der Waals surface area contributed by atoms with E-state index in [1.807, 2.05) is 6.07 Å². The maximum atomic E-state index is 6.20. The van der Waals surface area contributed by atoms with E-state index in [9.17, 15) is 0 Å². The third-order valence-electron chi connectivity index (χ3n) is 6.06. The lowest BCUT2D eigenvalue weighted by Gasteiger charge is -2.23. The minimum atomic E-state index is 0.0509. The first kappa shape index (κ1) is 22.0. The van der Waals surface area contributed by atoms with E-state index in [2.05, 4.69) is 46.7 Å². The summed E-state index contributed by atoms with van der Waals surface area (Å²) in [5.41, 5.74) is 3.23. The molecule has 6 heteroatoms. The maximum Gasteiger partial charge on any atom is 0.234 e. The molecular weight excluding hydrogens is 390 g/mol. The molecule has 2 heterocycles. The van der Waals surface area contributed by atoms with Crippen molar-refractivity contribution >= 4 is 0 Å². The number of morpholine rings is 1. The summed E-state index contributed by atoms with van der Waals surface area (Å²) in [6.45, 7) is 5.09. The van der Waals surface area contributed by atoms with Gasteiger partial charge in [0, 0.05) is 24.7 Å². The highest BCUT2D eigenvalue weighted by Gasteiger charge is 2.17. The maximum absolute atomic E-state index is 6.20. The number of aromatic nitrogens is 2. The summed E-state index contributed by atoms with van der Waals surface area (Å²) < 4.78 is 17.8. The Bertz CT molecular complexity index is 800. The van der Waals surface area contributed by atoms with Gasteiger partial charge < -0.3 is 19.5 Å². The molecule has 1 aromatic carbocycles. The molecule has 0 bridgehead atoms. The molecular formula is C25H35N3O3. The topological polar surface area (TPSA) is 65.5 Å². The van der Waals surface area contributed by atoms with Gasteiger partial charge in [-0.3, -0.25) is 0 Å². The molecule has 4 rings (SSSR count). The molecule has 1 aliphatic carbocycles. The highest BCUT2D eigenvalue weighted by Crippen LogP contribution is 2.29. The van der Waals surface area contributed by atoms with Crippen LogP contribution in [0.15, 0.2) is 30.3 Å². The summed E-state index contributed by atoms with van der Waals surface area (Å²) in [6, 6.07) is 10.4. The molecule has 2 fully saturated rings. The zero-order valence-corrected chi connectivity index (χ0v) is 18.6. The van der Waals surface area contributed by atoms with Gasteiger partial charge in [-0.1, -0.05) is 31.9 Å². The number of nitrogens with zero attached hydrogens (tertiary/aromatic N) is 2. The summed E-state index contributed by atoms with van der Waals surface area (Å²) in [5.74, 6) is 1.50. The largest absolute Gasteiger partial charge is 0.490 e. The van der Waals surface area contributed by atoms with Gasteiger partial charge >= 0.3 is 0 Å². The fraction of sp³-hybridized carbons (Fsp3) is 0.600. The van der Waals surface area contributed by atoms with Crippen LogP contribution >= 0.6 is 0 Å². The zero-order valence-electron chi connectivity index (χ0n) is 18.6. The third kappa shape index (κ3) is 6.40. The van der Waals surface area contributed by atoms with Crippen molar-refractivity contribution in [2.75, 3.05) is 26.3 Å². The Morgan fingerprint density at radius 1 is 1.10 bits per heavy atom. The lowest BCUT2D eigenvalue weighted by Crippen LogP contribution is -2.41. The fourth-order valence-corrected chi connectivity index (χ4v) is 4.24. The van der Waals surface area contributed by atoms with Crippen LogP contribution in [0.3, 0.4) is 0 Å². The summed E-state index contributed by atoms with van der Waals surface area (Å²) in [4.78, 5) is 0. The Morgan fingerprint density at radius 2 is 1.94 bits per heavy atom. The van der Waals surface area contributed by atoms with Crippen molar-refractivity contribution in [2.45, 2.75) is 70.5 Å². The second-order valence-electron chi connectivity index (χ2n) is 8.56. The monoisotopic (exact) mass is 425 g/mol. The molecule has 1 N–H and O–H groups in total. The van der Waals surface area contributed by atoms with Crippen LogP contribution in [0, 0.1) is 0 Å². The van der Waals surface area contributed by atoms with E-state index < -0.39 is 0 Å².